The molecule has 0 N–H and O–H groups in total. The van der Waals surface area contributed by atoms with Crippen LogP contribution in [0.1, 0.15) is 0 Å². The Hall–Kier alpha value is -10.1. The lowest BCUT2D eigenvalue weighted by Gasteiger charge is -2.35. The Morgan fingerprint density at radius 2 is 0.671 bits per heavy atom. The van der Waals surface area contributed by atoms with Crippen molar-refractivity contribution in [3.8, 4) is 28.5 Å². The van der Waals surface area contributed by atoms with Crippen LogP contribution in [0.2, 0.25) is 0 Å². The van der Waals surface area contributed by atoms with Crippen molar-refractivity contribution in [2.75, 3.05) is 0 Å². The van der Waals surface area contributed by atoms with Crippen LogP contribution in [0.25, 0.3) is 106 Å². The van der Waals surface area contributed by atoms with Crippen molar-refractivity contribution in [1.29, 1.82) is 0 Å². The monoisotopic (exact) mass is 988 g/mol. The number of hydrogen-bond acceptors (Lipinski definition) is 3. The van der Waals surface area contributed by atoms with E-state index in [0.29, 0.717) is 0 Å². The van der Waals surface area contributed by atoms with Crippen LogP contribution >= 0.6 is 0 Å². The molecule has 76 heavy (non-hydrogen) atoms. The van der Waals surface area contributed by atoms with E-state index in [2.05, 4.69) is 289 Å². The molecule has 0 spiro atoms. The Kier molecular flexibility index (Phi) is 9.19. The molecule has 0 amide bonds. The first-order valence-electron chi connectivity index (χ1n) is 25.8. The van der Waals surface area contributed by atoms with Gasteiger partial charge in [0.1, 0.15) is 11.6 Å². The summed E-state index contributed by atoms with van der Waals surface area (Å²) in [7, 11) is -3.06. The smallest absolute Gasteiger partial charge is 0.221 e. The van der Waals surface area contributed by atoms with Gasteiger partial charge in [0.15, 0.2) is 8.07 Å². The molecule has 9 heteroatoms. The average Bonchev–Trinajstić information content (AvgIpc) is 4.34. The Labute approximate surface area is 436 Å². The SMILES string of the molecule is c1ccc([Si](c2ccccc2)(c2ccc(-n3c4ccccc4c4ccccc43)cc2)c2cccc(-c3cc(-n4c5ccccc5n5c6ccccc6nc45)nc(-n4c5ccccc5n5c6ccccc6nc45)c3)c2)cc1. The number of hydrogen-bond donors (Lipinski definition) is 0. The zero-order valence-electron chi connectivity index (χ0n) is 41.0. The van der Waals surface area contributed by atoms with Gasteiger partial charge in [-0.3, -0.25) is 17.9 Å². The lowest BCUT2D eigenvalue weighted by Crippen LogP contribution is -2.74. The molecule has 0 aliphatic carbocycles. The maximum Gasteiger partial charge on any atom is 0.221 e. The minimum Gasteiger partial charge on any atom is -0.309 e. The standard InChI is InChI=1S/C67H44N8Si/c1-3-21-48(22-4-1)76(49-23-5-2-6-24-49,50-40-38-47(39-41-50)71-56-30-11-7-26-52(56)53-27-8-12-31-57(53)71)51-25-19-20-45(42-51)46-43-64(74-62-36-17-15-34-60(62)72-58-32-13-9-28-54(58)68-66(72)74)70-65(44-46)75-63-37-18-16-35-61(63)73-59-33-14-10-29-55(59)69-67(73)75/h1-44H. The van der Waals surface area contributed by atoms with Crippen LogP contribution in [0.3, 0.4) is 0 Å². The van der Waals surface area contributed by atoms with Crippen molar-refractivity contribution in [3.63, 3.8) is 0 Å². The fraction of sp³-hybridized carbons (Fsp3) is 0. The van der Waals surface area contributed by atoms with Crippen LogP contribution in [-0.4, -0.2) is 45.5 Å². The predicted octanol–water partition coefficient (Wildman–Crippen LogP) is 12.7. The van der Waals surface area contributed by atoms with E-state index in [1.165, 1.54) is 42.6 Å². The van der Waals surface area contributed by atoms with E-state index in [4.69, 9.17) is 15.0 Å². The normalized spacial score (nSPS) is 12.2. The summed E-state index contributed by atoms with van der Waals surface area (Å²) < 4.78 is 11.4. The highest BCUT2D eigenvalue weighted by molar-refractivity contribution is 7.20. The van der Waals surface area contributed by atoms with E-state index in [1.54, 1.807) is 0 Å². The molecular formula is C67H44N8Si. The predicted molar refractivity (Wildman–Crippen MR) is 314 cm³/mol. The average molecular weight is 989 g/mol. The van der Waals surface area contributed by atoms with Crippen LogP contribution in [0.4, 0.5) is 0 Å². The number of rotatable bonds is 8. The molecule has 0 fully saturated rings. The van der Waals surface area contributed by atoms with Crippen LogP contribution in [-0.2, 0) is 0 Å². The maximum atomic E-state index is 5.69. The van der Waals surface area contributed by atoms with Crippen molar-refractivity contribution in [2.45, 2.75) is 0 Å². The molecular weight excluding hydrogens is 945 g/mol. The van der Waals surface area contributed by atoms with Crippen molar-refractivity contribution in [2.24, 2.45) is 0 Å². The first-order chi connectivity index (χ1) is 37.7. The summed E-state index contributed by atoms with van der Waals surface area (Å²) in [5.41, 5.74) is 13.7. The molecule has 6 heterocycles. The molecule has 0 saturated heterocycles. The summed E-state index contributed by atoms with van der Waals surface area (Å²) in [6, 6.07) is 96.9. The summed E-state index contributed by atoms with van der Waals surface area (Å²) in [6.45, 7) is 0. The fourth-order valence-corrected chi connectivity index (χ4v) is 17.2. The Morgan fingerprint density at radius 1 is 0.263 bits per heavy atom. The lowest BCUT2D eigenvalue weighted by molar-refractivity contribution is 0.983. The van der Waals surface area contributed by atoms with Gasteiger partial charge in [0.25, 0.3) is 0 Å². The highest BCUT2D eigenvalue weighted by atomic mass is 28.3. The molecule has 6 aromatic heterocycles. The van der Waals surface area contributed by atoms with Crippen molar-refractivity contribution >= 4 is 106 Å². The van der Waals surface area contributed by atoms with E-state index in [9.17, 15) is 0 Å². The highest BCUT2D eigenvalue weighted by Crippen LogP contribution is 2.36. The van der Waals surface area contributed by atoms with Crippen LogP contribution < -0.4 is 20.7 Å². The fourth-order valence-electron chi connectivity index (χ4n) is 12.4. The Balaban J connectivity index is 0.959. The van der Waals surface area contributed by atoms with E-state index >= 15 is 0 Å². The minimum absolute atomic E-state index is 0.752. The van der Waals surface area contributed by atoms with Crippen molar-refractivity contribution < 1.29 is 0 Å². The van der Waals surface area contributed by atoms with Gasteiger partial charge in [-0.15, -0.1) is 0 Å². The third-order valence-corrected chi connectivity index (χ3v) is 20.4. The van der Waals surface area contributed by atoms with Crippen LogP contribution in [0.15, 0.2) is 267 Å². The molecule has 356 valence electrons. The van der Waals surface area contributed by atoms with Gasteiger partial charge in [0, 0.05) is 16.5 Å². The molecule has 0 aliphatic rings. The Morgan fingerprint density at radius 3 is 1.18 bits per heavy atom. The molecule has 0 aliphatic heterocycles. The molecule has 16 rings (SSSR count). The molecule has 0 radical (unpaired) electrons. The highest BCUT2D eigenvalue weighted by Gasteiger charge is 2.41. The molecule has 0 atom stereocenters. The molecule has 0 bridgehead atoms. The van der Waals surface area contributed by atoms with Gasteiger partial charge in [-0.25, -0.2) is 15.0 Å². The zero-order valence-corrected chi connectivity index (χ0v) is 42.0. The number of aromatic nitrogens is 8. The first-order valence-corrected chi connectivity index (χ1v) is 27.8. The van der Waals surface area contributed by atoms with Gasteiger partial charge in [-0.1, -0.05) is 182 Å². The Bertz CT molecular complexity index is 4690. The van der Waals surface area contributed by atoms with E-state index in [1.807, 2.05) is 0 Å². The summed E-state index contributed by atoms with van der Waals surface area (Å²) in [6.07, 6.45) is 0. The van der Waals surface area contributed by atoms with Gasteiger partial charge < -0.3 is 4.57 Å². The second-order valence-electron chi connectivity index (χ2n) is 19.7. The van der Waals surface area contributed by atoms with Gasteiger partial charge >= 0.3 is 0 Å². The number of pyridine rings is 1. The maximum absolute atomic E-state index is 5.69. The van der Waals surface area contributed by atoms with Gasteiger partial charge in [0.05, 0.1) is 55.2 Å². The molecule has 8 nitrogen and oxygen atoms in total. The largest absolute Gasteiger partial charge is 0.309 e. The number of fused-ring (bicyclic) bond motifs is 13. The van der Waals surface area contributed by atoms with E-state index in [-0.39, 0.29) is 0 Å². The second kappa shape index (κ2) is 16.5. The van der Waals surface area contributed by atoms with Crippen LogP contribution in [0, 0.1) is 0 Å². The second-order valence-corrected chi connectivity index (χ2v) is 23.5. The number of para-hydroxylation sites is 10. The van der Waals surface area contributed by atoms with Gasteiger partial charge in [-0.2, -0.15) is 0 Å². The van der Waals surface area contributed by atoms with Crippen LogP contribution in [0.5, 0.6) is 0 Å². The lowest BCUT2D eigenvalue weighted by atomic mass is 10.1. The zero-order chi connectivity index (χ0) is 49.9. The van der Waals surface area contributed by atoms with E-state index in [0.717, 1.165) is 84.1 Å². The number of nitrogens with zero attached hydrogens (tertiary/aromatic N) is 8. The minimum atomic E-state index is -3.06. The molecule has 16 aromatic rings. The summed E-state index contributed by atoms with van der Waals surface area (Å²) in [4.78, 5) is 16.3. The third kappa shape index (κ3) is 6.08. The summed E-state index contributed by atoms with van der Waals surface area (Å²) in [5.74, 6) is 3.10. The molecule has 0 saturated carbocycles. The molecule has 0 unspecified atom stereocenters. The number of imidazole rings is 4. The quantitative estimate of drug-likeness (QED) is 0.113. The first kappa shape index (κ1) is 42.4. The molecule has 10 aromatic carbocycles. The topological polar surface area (TPSA) is 62.3 Å². The summed E-state index contributed by atoms with van der Waals surface area (Å²) >= 11 is 0. The van der Waals surface area contributed by atoms with Crippen molar-refractivity contribution in [1.82, 2.24) is 37.5 Å². The van der Waals surface area contributed by atoms with Gasteiger partial charge in [-0.05, 0) is 117 Å². The third-order valence-electron chi connectivity index (χ3n) is 15.7. The summed E-state index contributed by atoms with van der Waals surface area (Å²) in [5, 5.41) is 7.67. The van der Waals surface area contributed by atoms with Crippen molar-refractivity contribution in [3.05, 3.63) is 267 Å². The van der Waals surface area contributed by atoms with Gasteiger partial charge in [0.2, 0.25) is 11.6 Å². The number of benzene rings is 10. The van der Waals surface area contributed by atoms with E-state index < -0.39 is 8.07 Å².